The summed E-state index contributed by atoms with van der Waals surface area (Å²) in [6.45, 7) is 2.82. The van der Waals surface area contributed by atoms with Crippen molar-refractivity contribution < 1.29 is 0 Å². The molecule has 1 heterocycles. The van der Waals surface area contributed by atoms with Gasteiger partial charge in [-0.3, -0.25) is 0 Å². The van der Waals surface area contributed by atoms with Crippen LogP contribution in [-0.4, -0.2) is 35.5 Å². The number of thioether (sulfide) groups is 1. The summed E-state index contributed by atoms with van der Waals surface area (Å²) in [5.74, 6) is 0. The molecule has 14 heavy (non-hydrogen) atoms. The van der Waals surface area contributed by atoms with E-state index in [-0.39, 0.29) is 0 Å². The van der Waals surface area contributed by atoms with Crippen LogP contribution in [0, 0.1) is 5.41 Å². The fraction of sp³-hybridized carbons (Fsp3) is 1.00. The Morgan fingerprint density at radius 2 is 1.79 bits per heavy atom. The van der Waals surface area contributed by atoms with E-state index < -0.39 is 0 Å². The molecule has 0 bridgehead atoms. The van der Waals surface area contributed by atoms with Crippen molar-refractivity contribution in [2.24, 2.45) is 5.41 Å². The van der Waals surface area contributed by atoms with Gasteiger partial charge in [-0.2, -0.15) is 11.8 Å². The Hall–Kier alpha value is 0.310. The Bertz CT molecular complexity index is 208. The number of hydrogen-bond acceptors (Lipinski definition) is 2. The molecule has 1 nitrogen and oxygen atoms in total. The van der Waals surface area contributed by atoms with Crippen LogP contribution in [-0.2, 0) is 0 Å². The SMILES string of the molecule is CSC1CC2(CCN(C3CC3)CC2)C1. The molecular weight excluding hydrogens is 190 g/mol. The molecule has 3 fully saturated rings. The lowest BCUT2D eigenvalue weighted by Gasteiger charge is -2.52. The lowest BCUT2D eigenvalue weighted by atomic mass is 9.63. The maximum atomic E-state index is 2.75. The molecule has 0 aromatic carbocycles. The van der Waals surface area contributed by atoms with Gasteiger partial charge in [0, 0.05) is 11.3 Å². The van der Waals surface area contributed by atoms with Crippen molar-refractivity contribution in [3.63, 3.8) is 0 Å². The summed E-state index contributed by atoms with van der Waals surface area (Å²) >= 11 is 2.09. The first-order valence-electron chi connectivity index (χ1n) is 6.08. The van der Waals surface area contributed by atoms with Gasteiger partial charge in [-0.15, -0.1) is 0 Å². The van der Waals surface area contributed by atoms with E-state index in [2.05, 4.69) is 22.9 Å². The van der Waals surface area contributed by atoms with E-state index in [0.29, 0.717) is 0 Å². The summed E-state index contributed by atoms with van der Waals surface area (Å²) in [6, 6.07) is 1.00. The molecule has 2 saturated carbocycles. The first-order chi connectivity index (χ1) is 6.81. The molecule has 2 heteroatoms. The molecule has 3 rings (SSSR count). The van der Waals surface area contributed by atoms with Crippen LogP contribution in [0.3, 0.4) is 0 Å². The molecule has 2 aliphatic carbocycles. The zero-order chi connectivity index (χ0) is 9.60. The first-order valence-corrected chi connectivity index (χ1v) is 7.37. The monoisotopic (exact) mass is 211 g/mol. The van der Waals surface area contributed by atoms with E-state index in [1.807, 2.05) is 0 Å². The molecular formula is C12H21NS. The zero-order valence-corrected chi connectivity index (χ0v) is 9.98. The lowest BCUT2D eigenvalue weighted by molar-refractivity contribution is 0.0356. The molecule has 1 saturated heterocycles. The number of rotatable bonds is 2. The Morgan fingerprint density at radius 1 is 1.14 bits per heavy atom. The lowest BCUT2D eigenvalue weighted by Crippen LogP contribution is -2.48. The highest BCUT2D eigenvalue weighted by atomic mass is 32.2. The molecule has 80 valence electrons. The average Bonchev–Trinajstić information content (AvgIpc) is 2.97. The van der Waals surface area contributed by atoms with Crippen molar-refractivity contribution in [1.29, 1.82) is 0 Å². The number of nitrogens with zero attached hydrogens (tertiary/aromatic N) is 1. The fourth-order valence-corrected chi connectivity index (χ4v) is 4.32. The summed E-state index contributed by atoms with van der Waals surface area (Å²) in [5.41, 5.74) is 0.805. The number of hydrogen-bond donors (Lipinski definition) is 0. The Labute approximate surface area is 91.6 Å². The maximum absolute atomic E-state index is 2.75. The van der Waals surface area contributed by atoms with Crippen LogP contribution in [0.1, 0.15) is 38.5 Å². The van der Waals surface area contributed by atoms with E-state index in [1.165, 1.54) is 51.6 Å². The summed E-state index contributed by atoms with van der Waals surface area (Å²) in [6.07, 6.45) is 11.3. The van der Waals surface area contributed by atoms with Crippen LogP contribution in [0.4, 0.5) is 0 Å². The topological polar surface area (TPSA) is 3.24 Å². The van der Waals surface area contributed by atoms with E-state index in [1.54, 1.807) is 0 Å². The quantitative estimate of drug-likeness (QED) is 0.691. The second-order valence-corrected chi connectivity index (χ2v) is 6.67. The Morgan fingerprint density at radius 3 is 2.29 bits per heavy atom. The normalized spacial score (nSPS) is 33.2. The minimum Gasteiger partial charge on any atom is -0.300 e. The Kier molecular flexibility index (Phi) is 2.32. The van der Waals surface area contributed by atoms with Gasteiger partial charge in [0.15, 0.2) is 0 Å². The van der Waals surface area contributed by atoms with Crippen molar-refractivity contribution in [1.82, 2.24) is 4.90 Å². The third kappa shape index (κ3) is 1.61. The first kappa shape index (κ1) is 9.53. The van der Waals surface area contributed by atoms with E-state index >= 15 is 0 Å². The van der Waals surface area contributed by atoms with E-state index in [0.717, 1.165) is 16.7 Å². The maximum Gasteiger partial charge on any atom is 0.00964 e. The molecule has 3 aliphatic rings. The van der Waals surface area contributed by atoms with Gasteiger partial charge in [0.2, 0.25) is 0 Å². The van der Waals surface area contributed by atoms with Gasteiger partial charge in [-0.25, -0.2) is 0 Å². The highest BCUT2D eigenvalue weighted by molar-refractivity contribution is 7.99. The molecule has 1 spiro atoms. The van der Waals surface area contributed by atoms with Gasteiger partial charge in [0.1, 0.15) is 0 Å². The van der Waals surface area contributed by atoms with Crippen LogP contribution in [0.15, 0.2) is 0 Å². The van der Waals surface area contributed by atoms with Crippen LogP contribution >= 0.6 is 11.8 Å². The van der Waals surface area contributed by atoms with E-state index in [4.69, 9.17) is 0 Å². The smallest absolute Gasteiger partial charge is 0.00964 e. The number of piperidine rings is 1. The highest BCUT2D eigenvalue weighted by Crippen LogP contribution is 2.53. The van der Waals surface area contributed by atoms with Gasteiger partial charge in [-0.1, -0.05) is 0 Å². The minimum atomic E-state index is 0.805. The van der Waals surface area contributed by atoms with Crippen molar-refractivity contribution >= 4 is 11.8 Å². The standard InChI is InChI=1S/C12H21NS/c1-14-11-8-12(9-11)4-6-13(7-5-12)10-2-3-10/h10-11H,2-9H2,1H3. The zero-order valence-electron chi connectivity index (χ0n) is 9.17. The predicted octanol–water partition coefficient (Wildman–Crippen LogP) is 2.76. The third-order valence-electron chi connectivity index (χ3n) is 4.58. The molecule has 0 aromatic rings. The van der Waals surface area contributed by atoms with Crippen LogP contribution in [0.2, 0.25) is 0 Å². The van der Waals surface area contributed by atoms with Crippen LogP contribution in [0.25, 0.3) is 0 Å². The summed E-state index contributed by atoms with van der Waals surface area (Å²) in [5, 5.41) is 1.00. The fourth-order valence-electron chi connectivity index (χ4n) is 3.28. The van der Waals surface area contributed by atoms with Gasteiger partial charge in [0.05, 0.1) is 0 Å². The Balaban J connectivity index is 1.51. The average molecular weight is 211 g/mol. The van der Waals surface area contributed by atoms with Crippen molar-refractivity contribution in [3.05, 3.63) is 0 Å². The van der Waals surface area contributed by atoms with Gasteiger partial charge < -0.3 is 4.90 Å². The molecule has 1 aliphatic heterocycles. The van der Waals surface area contributed by atoms with Gasteiger partial charge in [-0.05, 0) is 63.3 Å². The van der Waals surface area contributed by atoms with Crippen LogP contribution in [0.5, 0.6) is 0 Å². The van der Waals surface area contributed by atoms with Gasteiger partial charge >= 0.3 is 0 Å². The van der Waals surface area contributed by atoms with Gasteiger partial charge in [0.25, 0.3) is 0 Å². The second kappa shape index (κ2) is 3.41. The van der Waals surface area contributed by atoms with E-state index in [9.17, 15) is 0 Å². The summed E-state index contributed by atoms with van der Waals surface area (Å²) in [4.78, 5) is 2.75. The van der Waals surface area contributed by atoms with Crippen molar-refractivity contribution in [3.8, 4) is 0 Å². The summed E-state index contributed by atoms with van der Waals surface area (Å²) < 4.78 is 0. The van der Waals surface area contributed by atoms with Crippen molar-refractivity contribution in [2.45, 2.75) is 49.8 Å². The van der Waals surface area contributed by atoms with Crippen molar-refractivity contribution in [2.75, 3.05) is 19.3 Å². The predicted molar refractivity (Wildman–Crippen MR) is 62.8 cm³/mol. The highest BCUT2D eigenvalue weighted by Gasteiger charge is 2.46. The summed E-state index contributed by atoms with van der Waals surface area (Å²) in [7, 11) is 0. The van der Waals surface area contributed by atoms with Crippen LogP contribution < -0.4 is 0 Å². The molecule has 0 aromatic heterocycles. The third-order valence-corrected chi connectivity index (χ3v) is 5.58. The molecule has 0 N–H and O–H groups in total. The molecule has 0 amide bonds. The molecule has 0 unspecified atom stereocenters. The molecule has 0 radical (unpaired) electrons. The minimum absolute atomic E-state index is 0.805. The second-order valence-electron chi connectivity index (χ2n) is 5.53. The molecule has 0 atom stereocenters. The number of likely N-dealkylation sites (tertiary alicyclic amines) is 1. The largest absolute Gasteiger partial charge is 0.300 e.